The summed E-state index contributed by atoms with van der Waals surface area (Å²) in [6.45, 7) is -2.95. The molecule has 100 valence electrons. The molecule has 1 amide bonds. The van der Waals surface area contributed by atoms with Crippen molar-refractivity contribution in [3.05, 3.63) is 40.2 Å². The number of halogens is 2. The lowest BCUT2D eigenvalue weighted by Gasteiger charge is -2.06. The van der Waals surface area contributed by atoms with Crippen LogP contribution in [-0.4, -0.2) is 17.5 Å². The minimum Gasteiger partial charge on any atom is -0.435 e. The van der Waals surface area contributed by atoms with Crippen molar-refractivity contribution in [2.24, 2.45) is 5.73 Å². The molecular formula is C12H10F2N2O3. The zero-order valence-electron chi connectivity index (χ0n) is 9.65. The number of amides is 1. The van der Waals surface area contributed by atoms with E-state index in [0.717, 1.165) is 0 Å². The van der Waals surface area contributed by atoms with E-state index >= 15 is 0 Å². The molecule has 0 fully saturated rings. The molecule has 0 bridgehead atoms. The van der Waals surface area contributed by atoms with E-state index in [1.54, 1.807) is 0 Å². The second-order valence-electron chi connectivity index (χ2n) is 3.89. The molecule has 0 aliphatic rings. The Morgan fingerprint density at radius 1 is 1.37 bits per heavy atom. The highest BCUT2D eigenvalue weighted by Crippen LogP contribution is 2.19. The van der Waals surface area contributed by atoms with E-state index in [2.05, 4.69) is 9.72 Å². The molecule has 1 aromatic carbocycles. The molecule has 7 heteroatoms. The molecule has 0 saturated carbocycles. The molecule has 0 saturated heterocycles. The normalized spacial score (nSPS) is 10.9. The maximum atomic E-state index is 12.1. The summed E-state index contributed by atoms with van der Waals surface area (Å²) in [5.41, 5.74) is 5.42. The molecule has 0 radical (unpaired) electrons. The van der Waals surface area contributed by atoms with Crippen molar-refractivity contribution in [3.63, 3.8) is 0 Å². The fourth-order valence-electron chi connectivity index (χ4n) is 1.74. The molecule has 0 spiro atoms. The van der Waals surface area contributed by atoms with Crippen LogP contribution in [0, 0.1) is 0 Å². The first kappa shape index (κ1) is 13.0. The lowest BCUT2D eigenvalue weighted by Crippen LogP contribution is -2.16. The lowest BCUT2D eigenvalue weighted by molar-refractivity contribution is -0.117. The zero-order chi connectivity index (χ0) is 14.0. The number of carbonyl (C=O) groups excluding carboxylic acids is 1. The number of aromatic nitrogens is 1. The van der Waals surface area contributed by atoms with E-state index < -0.39 is 17.9 Å². The van der Waals surface area contributed by atoms with Crippen LogP contribution in [0.5, 0.6) is 5.75 Å². The third kappa shape index (κ3) is 3.06. The van der Waals surface area contributed by atoms with Crippen LogP contribution < -0.4 is 15.9 Å². The van der Waals surface area contributed by atoms with Crippen molar-refractivity contribution >= 4 is 16.8 Å². The number of ether oxygens (including phenoxy) is 1. The summed E-state index contributed by atoms with van der Waals surface area (Å²) in [6.07, 6.45) is -0.0968. The number of pyridine rings is 1. The van der Waals surface area contributed by atoms with Crippen molar-refractivity contribution in [2.75, 3.05) is 0 Å². The summed E-state index contributed by atoms with van der Waals surface area (Å²) in [4.78, 5) is 25.4. The Hall–Kier alpha value is -2.44. The fraction of sp³-hybridized carbons (Fsp3) is 0.167. The first-order chi connectivity index (χ1) is 8.95. The van der Waals surface area contributed by atoms with Crippen LogP contribution in [0.2, 0.25) is 0 Å². The zero-order valence-corrected chi connectivity index (χ0v) is 9.65. The average molecular weight is 268 g/mol. The predicted octanol–water partition coefficient (Wildman–Crippen LogP) is 1.16. The number of aromatic amines is 1. The smallest absolute Gasteiger partial charge is 0.387 e. The van der Waals surface area contributed by atoms with E-state index in [4.69, 9.17) is 5.73 Å². The van der Waals surface area contributed by atoms with E-state index in [9.17, 15) is 18.4 Å². The highest BCUT2D eigenvalue weighted by atomic mass is 19.3. The number of hydrogen-bond donors (Lipinski definition) is 2. The van der Waals surface area contributed by atoms with Crippen LogP contribution in [0.1, 0.15) is 5.69 Å². The first-order valence-corrected chi connectivity index (χ1v) is 5.35. The number of rotatable bonds is 4. The minimum absolute atomic E-state index is 0.0968. The Morgan fingerprint density at radius 3 is 2.74 bits per heavy atom. The van der Waals surface area contributed by atoms with Gasteiger partial charge in [-0.25, -0.2) is 0 Å². The van der Waals surface area contributed by atoms with Crippen molar-refractivity contribution in [3.8, 4) is 5.75 Å². The molecule has 5 nitrogen and oxygen atoms in total. The number of H-pyrrole nitrogens is 1. The van der Waals surface area contributed by atoms with Gasteiger partial charge in [0, 0.05) is 22.7 Å². The summed E-state index contributed by atoms with van der Waals surface area (Å²) >= 11 is 0. The average Bonchev–Trinajstić information content (AvgIpc) is 2.28. The summed E-state index contributed by atoms with van der Waals surface area (Å²) in [5.74, 6) is -0.677. The number of nitrogens with one attached hydrogen (secondary N) is 1. The summed E-state index contributed by atoms with van der Waals surface area (Å²) < 4.78 is 28.4. The first-order valence-electron chi connectivity index (χ1n) is 5.35. The van der Waals surface area contributed by atoms with Gasteiger partial charge in [-0.2, -0.15) is 8.78 Å². The Morgan fingerprint density at radius 2 is 2.11 bits per heavy atom. The van der Waals surface area contributed by atoms with Gasteiger partial charge in [-0.1, -0.05) is 0 Å². The second kappa shape index (κ2) is 5.05. The largest absolute Gasteiger partial charge is 0.435 e. The number of benzene rings is 1. The molecular weight excluding hydrogens is 258 g/mol. The van der Waals surface area contributed by atoms with Crippen LogP contribution >= 0.6 is 0 Å². The molecule has 0 unspecified atom stereocenters. The highest BCUT2D eigenvalue weighted by Gasteiger charge is 2.08. The highest BCUT2D eigenvalue weighted by molar-refractivity contribution is 5.81. The van der Waals surface area contributed by atoms with Gasteiger partial charge in [-0.15, -0.1) is 0 Å². The van der Waals surface area contributed by atoms with E-state index in [1.165, 1.54) is 24.3 Å². The van der Waals surface area contributed by atoms with Crippen molar-refractivity contribution in [2.45, 2.75) is 13.0 Å². The van der Waals surface area contributed by atoms with Gasteiger partial charge in [0.25, 0.3) is 0 Å². The fourth-order valence-corrected chi connectivity index (χ4v) is 1.74. The van der Waals surface area contributed by atoms with Gasteiger partial charge in [0.15, 0.2) is 5.43 Å². The molecule has 0 aliphatic heterocycles. The Kier molecular flexibility index (Phi) is 3.46. The Labute approximate surface area is 106 Å². The lowest BCUT2D eigenvalue weighted by atomic mass is 10.1. The quantitative estimate of drug-likeness (QED) is 0.872. The summed E-state index contributed by atoms with van der Waals surface area (Å²) in [5, 5.41) is 0.200. The van der Waals surface area contributed by atoms with Gasteiger partial charge < -0.3 is 15.5 Å². The van der Waals surface area contributed by atoms with Gasteiger partial charge in [0.1, 0.15) is 5.75 Å². The standard InChI is InChI=1S/C12H10F2N2O3/c13-12(14)19-7-1-2-9-8(5-7)10(17)3-6(16-9)4-11(15)18/h1-3,5,12H,4H2,(H2,15,18)(H,16,17). The van der Waals surface area contributed by atoms with E-state index in [-0.39, 0.29) is 17.6 Å². The van der Waals surface area contributed by atoms with Crippen molar-refractivity contribution in [1.29, 1.82) is 0 Å². The van der Waals surface area contributed by atoms with Crippen LogP contribution in [-0.2, 0) is 11.2 Å². The summed E-state index contributed by atoms with van der Waals surface area (Å²) in [7, 11) is 0. The molecule has 1 aromatic heterocycles. The van der Waals surface area contributed by atoms with Crippen LogP contribution in [0.4, 0.5) is 8.78 Å². The number of primary amides is 1. The Bertz CT molecular complexity index is 682. The maximum absolute atomic E-state index is 12.1. The van der Waals surface area contributed by atoms with Gasteiger partial charge >= 0.3 is 6.61 Å². The van der Waals surface area contributed by atoms with E-state index in [0.29, 0.717) is 11.2 Å². The second-order valence-corrected chi connectivity index (χ2v) is 3.89. The number of alkyl halides is 2. The number of nitrogens with two attached hydrogens (primary N) is 1. The van der Waals surface area contributed by atoms with Crippen molar-refractivity contribution < 1.29 is 18.3 Å². The molecule has 3 N–H and O–H groups in total. The Balaban J connectivity index is 2.47. The third-order valence-corrected chi connectivity index (χ3v) is 2.45. The molecule has 19 heavy (non-hydrogen) atoms. The topological polar surface area (TPSA) is 85.2 Å². The third-order valence-electron chi connectivity index (χ3n) is 2.45. The summed E-state index contributed by atoms with van der Waals surface area (Å²) in [6, 6.07) is 5.16. The molecule has 1 heterocycles. The number of carbonyl (C=O) groups is 1. The molecule has 0 atom stereocenters. The molecule has 2 rings (SSSR count). The monoisotopic (exact) mass is 268 g/mol. The van der Waals surface area contributed by atoms with Gasteiger partial charge in [0.05, 0.1) is 6.42 Å². The van der Waals surface area contributed by atoms with Crippen LogP contribution in [0.3, 0.4) is 0 Å². The minimum atomic E-state index is -2.95. The van der Waals surface area contributed by atoms with Crippen LogP contribution in [0.25, 0.3) is 10.9 Å². The number of hydrogen-bond acceptors (Lipinski definition) is 3. The van der Waals surface area contributed by atoms with Gasteiger partial charge in [-0.05, 0) is 18.2 Å². The van der Waals surface area contributed by atoms with Gasteiger partial charge in [0.2, 0.25) is 5.91 Å². The van der Waals surface area contributed by atoms with E-state index in [1.807, 2.05) is 0 Å². The van der Waals surface area contributed by atoms with Gasteiger partial charge in [-0.3, -0.25) is 9.59 Å². The predicted molar refractivity (Wildman–Crippen MR) is 64.1 cm³/mol. The van der Waals surface area contributed by atoms with Crippen LogP contribution in [0.15, 0.2) is 29.1 Å². The molecule has 0 aliphatic carbocycles. The molecule has 2 aromatic rings. The van der Waals surface area contributed by atoms with Crippen molar-refractivity contribution in [1.82, 2.24) is 4.98 Å². The SMILES string of the molecule is NC(=O)Cc1cc(=O)c2cc(OC(F)F)ccc2[nH]1. The maximum Gasteiger partial charge on any atom is 0.387 e. The number of fused-ring (bicyclic) bond motifs is 1.